The third kappa shape index (κ3) is 8.40. The maximum Gasteiger partial charge on any atom is 0.490 e. The molecule has 13 heteroatoms. The van der Waals surface area contributed by atoms with Crippen molar-refractivity contribution in [2.75, 3.05) is 33.7 Å². The van der Waals surface area contributed by atoms with Gasteiger partial charge in [0.2, 0.25) is 5.91 Å². The highest BCUT2D eigenvalue weighted by atomic mass is 32.2. The van der Waals surface area contributed by atoms with Crippen molar-refractivity contribution in [1.29, 1.82) is 0 Å². The average Bonchev–Trinajstić information content (AvgIpc) is 3.12. The monoisotopic (exact) mass is 590 g/mol. The molecule has 3 N–H and O–H groups in total. The van der Waals surface area contributed by atoms with Gasteiger partial charge in [-0.3, -0.25) is 9.69 Å². The van der Waals surface area contributed by atoms with Crippen LogP contribution in [-0.2, 0) is 15.0 Å². The summed E-state index contributed by atoms with van der Waals surface area (Å²) in [6, 6.07) is 8.73. The number of nitrogens with zero attached hydrogens (tertiary/aromatic N) is 3. The number of piperidine rings is 1. The fourth-order valence-electron chi connectivity index (χ4n) is 6.27. The van der Waals surface area contributed by atoms with Crippen molar-refractivity contribution in [2.24, 2.45) is 11.7 Å². The fraction of sp³-hybridized carbons (Fsp3) is 0.704. The van der Waals surface area contributed by atoms with Crippen LogP contribution in [0, 0.1) is 5.92 Å². The molecule has 3 fully saturated rings. The molecule has 1 amide bonds. The van der Waals surface area contributed by atoms with Crippen molar-refractivity contribution in [1.82, 2.24) is 13.5 Å². The molecule has 226 valence electrons. The number of alkyl halides is 3. The van der Waals surface area contributed by atoms with Gasteiger partial charge in [0.15, 0.2) is 0 Å². The minimum Gasteiger partial charge on any atom is -0.475 e. The number of nitrogens with two attached hydrogens (primary N) is 1. The van der Waals surface area contributed by atoms with Crippen LogP contribution in [0.15, 0.2) is 24.3 Å². The van der Waals surface area contributed by atoms with Crippen LogP contribution in [-0.4, -0.2) is 90.9 Å². The molecule has 0 aromatic heterocycles. The van der Waals surface area contributed by atoms with Crippen LogP contribution in [0.2, 0.25) is 0 Å². The topological polar surface area (TPSA) is 124 Å². The lowest BCUT2D eigenvalue weighted by Gasteiger charge is -2.40. The number of aliphatic carboxylic acids is 1. The van der Waals surface area contributed by atoms with E-state index in [-0.39, 0.29) is 5.91 Å². The molecule has 0 radical (unpaired) electrons. The van der Waals surface area contributed by atoms with E-state index in [0.717, 1.165) is 32.2 Å². The molecule has 2 aliphatic heterocycles. The summed E-state index contributed by atoms with van der Waals surface area (Å²) < 4.78 is 61.0. The second-order valence-electron chi connectivity index (χ2n) is 11.2. The molecule has 1 aromatic rings. The van der Waals surface area contributed by atoms with Crippen LogP contribution < -0.4 is 5.73 Å². The van der Waals surface area contributed by atoms with E-state index in [1.54, 1.807) is 24.5 Å². The quantitative estimate of drug-likeness (QED) is 0.451. The van der Waals surface area contributed by atoms with Crippen LogP contribution in [0.25, 0.3) is 0 Å². The van der Waals surface area contributed by atoms with Gasteiger partial charge in [-0.2, -0.15) is 30.2 Å². The highest BCUT2D eigenvalue weighted by Crippen LogP contribution is 2.43. The first kappa shape index (κ1) is 32.3. The number of hydrogen-bond donors (Lipinski definition) is 2. The Bertz CT molecular complexity index is 1110. The normalized spacial score (nSPS) is 24.1. The number of benzene rings is 1. The maximum atomic E-state index is 13.1. The molecular weight excluding hydrogens is 549 g/mol. The van der Waals surface area contributed by atoms with Crippen LogP contribution >= 0.6 is 0 Å². The first-order chi connectivity index (χ1) is 18.7. The van der Waals surface area contributed by atoms with Gasteiger partial charge in [-0.1, -0.05) is 31.4 Å². The Hall–Kier alpha value is -2.22. The second-order valence-corrected chi connectivity index (χ2v) is 13.4. The van der Waals surface area contributed by atoms with E-state index in [9.17, 15) is 26.4 Å². The summed E-state index contributed by atoms with van der Waals surface area (Å²) in [6.07, 6.45) is 5.35. The summed E-state index contributed by atoms with van der Waals surface area (Å²) in [4.78, 5) is 23.1. The Morgan fingerprint density at radius 3 is 2.12 bits per heavy atom. The van der Waals surface area contributed by atoms with Gasteiger partial charge in [0, 0.05) is 51.4 Å². The van der Waals surface area contributed by atoms with E-state index in [4.69, 9.17) is 15.6 Å². The molecule has 4 rings (SSSR count). The molecule has 2 heterocycles. The summed E-state index contributed by atoms with van der Waals surface area (Å²) in [7, 11) is -0.149. The minimum absolute atomic E-state index is 0.377. The lowest BCUT2D eigenvalue weighted by atomic mass is 9.84. The van der Waals surface area contributed by atoms with Crippen molar-refractivity contribution in [3.63, 3.8) is 0 Å². The Labute approximate surface area is 234 Å². The summed E-state index contributed by atoms with van der Waals surface area (Å²) in [5.41, 5.74) is 7.27. The zero-order valence-corrected chi connectivity index (χ0v) is 24.0. The third-order valence-electron chi connectivity index (χ3n) is 8.35. The lowest BCUT2D eigenvalue weighted by Crippen LogP contribution is -2.49. The molecule has 3 atom stereocenters. The number of fused-ring (bicyclic) bond motifs is 2. The lowest BCUT2D eigenvalue weighted by molar-refractivity contribution is -0.192. The van der Waals surface area contributed by atoms with Gasteiger partial charge in [0.05, 0.1) is 0 Å². The molecule has 1 aromatic carbocycles. The molecule has 1 saturated carbocycles. The number of amides is 1. The third-order valence-corrected chi connectivity index (χ3v) is 10.3. The summed E-state index contributed by atoms with van der Waals surface area (Å²) in [5, 5.41) is 7.12. The van der Waals surface area contributed by atoms with Gasteiger partial charge in [0.25, 0.3) is 10.2 Å². The molecule has 2 bridgehead atoms. The number of carbonyl (C=O) groups is 2. The first-order valence-electron chi connectivity index (χ1n) is 13.8. The van der Waals surface area contributed by atoms with E-state index in [1.807, 2.05) is 12.1 Å². The maximum absolute atomic E-state index is 13.1. The standard InChI is InChI=1S/C25H40N4O3S.C2HF3O2/c1-27(2)33(31,32)28(18-19-7-4-3-5-8-19)13-14-29-23-11-12-24(29)17-22(16-23)20-9-6-10-21(15-20)25(26)30;3-2(4,5)1(6)7/h6,9-10,15,19,22-24H,3-5,7-8,11-14,16-18H2,1-2H3,(H2,26,30);(H,6,7)/t22?,23-,24+;. The van der Waals surface area contributed by atoms with Crippen molar-refractivity contribution in [3.8, 4) is 0 Å². The van der Waals surface area contributed by atoms with Gasteiger partial charge in [-0.25, -0.2) is 4.79 Å². The van der Waals surface area contributed by atoms with Gasteiger partial charge in [-0.05, 0) is 68.1 Å². The summed E-state index contributed by atoms with van der Waals surface area (Å²) >= 11 is 0. The SMILES string of the molecule is CN(C)S(=O)(=O)N(CCN1[C@@H]2CC[C@H]1CC(c1cccc(C(N)=O)c1)C2)CC1CCCCC1.O=C(O)C(F)(F)F. The molecule has 9 nitrogen and oxygen atoms in total. The molecule has 1 aliphatic carbocycles. The highest BCUT2D eigenvalue weighted by molar-refractivity contribution is 7.86. The zero-order valence-electron chi connectivity index (χ0n) is 23.1. The number of primary amides is 1. The van der Waals surface area contributed by atoms with Crippen LogP contribution in [0.4, 0.5) is 13.2 Å². The van der Waals surface area contributed by atoms with E-state index in [1.165, 1.54) is 42.0 Å². The second kappa shape index (κ2) is 13.6. The van der Waals surface area contributed by atoms with E-state index in [0.29, 0.717) is 42.6 Å². The van der Waals surface area contributed by atoms with E-state index >= 15 is 0 Å². The van der Waals surface area contributed by atoms with Gasteiger partial charge >= 0.3 is 12.1 Å². The van der Waals surface area contributed by atoms with Gasteiger partial charge in [-0.15, -0.1) is 0 Å². The minimum atomic E-state index is -5.08. The summed E-state index contributed by atoms with van der Waals surface area (Å²) in [5.74, 6) is -2.22. The van der Waals surface area contributed by atoms with Crippen molar-refractivity contribution < 1.29 is 36.3 Å². The Morgan fingerprint density at radius 2 is 1.62 bits per heavy atom. The molecule has 2 saturated heterocycles. The van der Waals surface area contributed by atoms with Crippen molar-refractivity contribution in [3.05, 3.63) is 35.4 Å². The largest absolute Gasteiger partial charge is 0.490 e. The molecule has 1 unspecified atom stereocenters. The van der Waals surface area contributed by atoms with Crippen LogP contribution in [0.3, 0.4) is 0 Å². The number of halogens is 3. The fourth-order valence-corrected chi connectivity index (χ4v) is 7.45. The Kier molecular flexibility index (Phi) is 11.0. The van der Waals surface area contributed by atoms with Crippen molar-refractivity contribution >= 4 is 22.1 Å². The van der Waals surface area contributed by atoms with E-state index in [2.05, 4.69) is 11.0 Å². The number of carboxylic acid groups (broad SMARTS) is 1. The smallest absolute Gasteiger partial charge is 0.475 e. The number of carbonyl (C=O) groups excluding carboxylic acids is 1. The average molecular weight is 591 g/mol. The van der Waals surface area contributed by atoms with Crippen LogP contribution in [0.5, 0.6) is 0 Å². The highest BCUT2D eigenvalue weighted by Gasteiger charge is 2.42. The Balaban J connectivity index is 0.000000559. The predicted molar refractivity (Wildman–Crippen MR) is 145 cm³/mol. The van der Waals surface area contributed by atoms with Crippen LogP contribution in [0.1, 0.15) is 79.6 Å². The summed E-state index contributed by atoms with van der Waals surface area (Å²) in [6.45, 7) is 2.00. The van der Waals surface area contributed by atoms with Gasteiger partial charge in [0.1, 0.15) is 0 Å². The van der Waals surface area contributed by atoms with Crippen molar-refractivity contribution in [2.45, 2.75) is 82.0 Å². The first-order valence-corrected chi connectivity index (χ1v) is 15.2. The predicted octanol–water partition coefficient (Wildman–Crippen LogP) is 3.82. The molecular formula is C27H41F3N4O5S. The molecule has 3 aliphatic rings. The molecule has 40 heavy (non-hydrogen) atoms. The Morgan fingerprint density at radius 1 is 1.05 bits per heavy atom. The van der Waals surface area contributed by atoms with Gasteiger partial charge < -0.3 is 10.8 Å². The number of carboxylic acids is 1. The molecule has 0 spiro atoms. The number of hydrogen-bond acceptors (Lipinski definition) is 5. The zero-order chi connectivity index (χ0) is 29.7. The van der Waals surface area contributed by atoms with E-state index < -0.39 is 22.4 Å². The number of rotatable bonds is 9.